The van der Waals surface area contributed by atoms with Crippen LogP contribution in [0.4, 0.5) is 0 Å². The van der Waals surface area contributed by atoms with Crippen LogP contribution in [0.2, 0.25) is 0 Å². The van der Waals surface area contributed by atoms with Crippen molar-refractivity contribution in [2.45, 2.75) is 46.8 Å². The lowest BCUT2D eigenvalue weighted by Crippen LogP contribution is -2.07. The third-order valence-electron chi connectivity index (χ3n) is 3.70. The minimum atomic E-state index is -0.935. The Morgan fingerprint density at radius 3 is 2.25 bits per heavy atom. The molecule has 4 heteroatoms. The average molecular weight is 275 g/mol. The number of hydrogen-bond acceptors (Lipinski definition) is 2. The van der Waals surface area contributed by atoms with Gasteiger partial charge in [0.1, 0.15) is 0 Å². The number of nitrogens with zero attached hydrogens (tertiary/aromatic N) is 1. The van der Waals surface area contributed by atoms with Crippen LogP contribution in [-0.4, -0.2) is 20.7 Å². The number of aromatic nitrogens is 1. The number of benzene rings is 1. The fraction of sp³-hybridized carbons (Fsp3) is 0.438. The molecule has 0 radical (unpaired) electrons. The molecule has 0 bridgehead atoms. The van der Waals surface area contributed by atoms with Crippen molar-refractivity contribution in [3.63, 3.8) is 0 Å². The summed E-state index contributed by atoms with van der Waals surface area (Å²) in [6.07, 6.45) is -0.624. The second-order valence-electron chi connectivity index (χ2n) is 5.65. The summed E-state index contributed by atoms with van der Waals surface area (Å²) >= 11 is 0. The van der Waals surface area contributed by atoms with Crippen LogP contribution in [0, 0.1) is 13.8 Å². The number of carbonyl (C=O) groups is 1. The highest BCUT2D eigenvalue weighted by Gasteiger charge is 2.23. The lowest BCUT2D eigenvalue weighted by molar-refractivity contribution is 0.0698. The number of carboxylic acid groups (broad SMARTS) is 1. The predicted molar refractivity (Wildman–Crippen MR) is 79.4 cm³/mol. The second-order valence-corrected chi connectivity index (χ2v) is 5.65. The Morgan fingerprint density at radius 1 is 1.20 bits per heavy atom. The molecule has 1 atom stereocenters. The SMILES string of the molecule is Cc1cc(C(=O)O)c2c(c1)c(C(C)O)c(C)n2C(C)C. The van der Waals surface area contributed by atoms with E-state index in [1.54, 1.807) is 13.0 Å². The number of hydrogen-bond donors (Lipinski definition) is 2. The molecule has 1 unspecified atom stereocenters. The Kier molecular flexibility index (Phi) is 3.61. The fourth-order valence-electron chi connectivity index (χ4n) is 3.07. The molecule has 0 saturated heterocycles. The molecule has 1 heterocycles. The highest BCUT2D eigenvalue weighted by molar-refractivity contribution is 6.04. The molecule has 0 aliphatic carbocycles. The van der Waals surface area contributed by atoms with Gasteiger partial charge in [-0.2, -0.15) is 0 Å². The first-order valence-corrected chi connectivity index (χ1v) is 6.82. The van der Waals surface area contributed by atoms with Crippen molar-refractivity contribution in [1.82, 2.24) is 4.57 Å². The number of aliphatic hydroxyl groups is 1. The maximum atomic E-state index is 11.6. The van der Waals surface area contributed by atoms with Gasteiger partial charge in [0.05, 0.1) is 17.2 Å². The molecule has 2 aromatic rings. The molecule has 0 saturated carbocycles. The van der Waals surface area contributed by atoms with Gasteiger partial charge in [-0.3, -0.25) is 0 Å². The first-order chi connectivity index (χ1) is 9.25. The molecule has 0 aliphatic heterocycles. The number of fused-ring (bicyclic) bond motifs is 1. The van der Waals surface area contributed by atoms with Crippen molar-refractivity contribution in [2.24, 2.45) is 0 Å². The van der Waals surface area contributed by atoms with Gasteiger partial charge in [0, 0.05) is 22.7 Å². The Hall–Kier alpha value is -1.81. The summed E-state index contributed by atoms with van der Waals surface area (Å²) in [7, 11) is 0. The first kappa shape index (κ1) is 14.6. The van der Waals surface area contributed by atoms with Crippen molar-refractivity contribution in [3.8, 4) is 0 Å². The average Bonchev–Trinajstić information content (AvgIpc) is 2.59. The van der Waals surface area contributed by atoms with Gasteiger partial charge in [0.2, 0.25) is 0 Å². The number of aromatic carboxylic acids is 1. The largest absolute Gasteiger partial charge is 0.478 e. The van der Waals surface area contributed by atoms with Crippen LogP contribution in [-0.2, 0) is 0 Å². The minimum absolute atomic E-state index is 0.130. The van der Waals surface area contributed by atoms with E-state index in [1.807, 2.05) is 38.3 Å². The van der Waals surface area contributed by atoms with Gasteiger partial charge in [-0.25, -0.2) is 4.79 Å². The number of carboxylic acids is 1. The molecule has 20 heavy (non-hydrogen) atoms. The molecule has 2 rings (SSSR count). The summed E-state index contributed by atoms with van der Waals surface area (Å²) in [5, 5.41) is 20.4. The minimum Gasteiger partial charge on any atom is -0.478 e. The van der Waals surface area contributed by atoms with E-state index in [0.29, 0.717) is 11.1 Å². The highest BCUT2D eigenvalue weighted by Crippen LogP contribution is 2.35. The van der Waals surface area contributed by atoms with Gasteiger partial charge in [-0.15, -0.1) is 0 Å². The Bertz CT molecular complexity index is 681. The smallest absolute Gasteiger partial charge is 0.337 e. The van der Waals surface area contributed by atoms with Crippen molar-refractivity contribution in [1.29, 1.82) is 0 Å². The molecule has 0 fully saturated rings. The molecule has 0 aliphatic rings. The summed E-state index contributed by atoms with van der Waals surface area (Å²) in [6.45, 7) is 9.56. The summed E-state index contributed by atoms with van der Waals surface area (Å²) < 4.78 is 2.00. The molecular weight excluding hydrogens is 254 g/mol. The summed E-state index contributed by atoms with van der Waals surface area (Å²) in [5.74, 6) is -0.935. The van der Waals surface area contributed by atoms with Crippen molar-refractivity contribution < 1.29 is 15.0 Å². The van der Waals surface area contributed by atoms with Gasteiger partial charge in [-0.05, 0) is 52.3 Å². The third kappa shape index (κ3) is 2.10. The zero-order valence-electron chi connectivity index (χ0n) is 12.6. The van der Waals surface area contributed by atoms with Crippen LogP contribution < -0.4 is 0 Å². The molecular formula is C16H21NO3. The predicted octanol–water partition coefficient (Wildman–Crippen LogP) is 3.59. The van der Waals surface area contributed by atoms with E-state index in [1.165, 1.54) is 0 Å². The quantitative estimate of drug-likeness (QED) is 0.899. The lowest BCUT2D eigenvalue weighted by atomic mass is 10.0. The van der Waals surface area contributed by atoms with Crippen LogP contribution in [0.15, 0.2) is 12.1 Å². The van der Waals surface area contributed by atoms with Crippen LogP contribution in [0.3, 0.4) is 0 Å². The third-order valence-corrected chi connectivity index (χ3v) is 3.70. The molecule has 1 aromatic carbocycles. The van der Waals surface area contributed by atoms with E-state index in [4.69, 9.17) is 0 Å². The molecule has 1 aromatic heterocycles. The number of rotatable bonds is 3. The van der Waals surface area contributed by atoms with Gasteiger partial charge in [0.25, 0.3) is 0 Å². The van der Waals surface area contributed by atoms with Gasteiger partial charge in [0.15, 0.2) is 0 Å². The normalized spacial score (nSPS) is 13.2. The van der Waals surface area contributed by atoms with E-state index < -0.39 is 12.1 Å². The zero-order chi connectivity index (χ0) is 15.2. The topological polar surface area (TPSA) is 62.5 Å². The molecule has 108 valence electrons. The monoisotopic (exact) mass is 275 g/mol. The Balaban J connectivity index is 3.04. The van der Waals surface area contributed by atoms with E-state index in [2.05, 4.69) is 0 Å². The first-order valence-electron chi connectivity index (χ1n) is 6.82. The second kappa shape index (κ2) is 4.94. The summed E-state index contributed by atoms with van der Waals surface area (Å²) in [5.41, 5.74) is 3.63. The number of aryl methyl sites for hydroxylation is 1. The van der Waals surface area contributed by atoms with Crippen LogP contribution in [0.1, 0.15) is 60.1 Å². The van der Waals surface area contributed by atoms with Crippen LogP contribution in [0.5, 0.6) is 0 Å². The van der Waals surface area contributed by atoms with E-state index >= 15 is 0 Å². The van der Waals surface area contributed by atoms with Crippen molar-refractivity contribution in [3.05, 3.63) is 34.5 Å². The van der Waals surface area contributed by atoms with Gasteiger partial charge in [-0.1, -0.05) is 0 Å². The highest BCUT2D eigenvalue weighted by atomic mass is 16.4. The summed E-state index contributed by atoms with van der Waals surface area (Å²) in [6, 6.07) is 3.77. The molecule has 0 spiro atoms. The lowest BCUT2D eigenvalue weighted by Gasteiger charge is -2.14. The Labute approximate surface area is 118 Å². The van der Waals surface area contributed by atoms with E-state index in [0.717, 1.165) is 22.2 Å². The molecule has 4 nitrogen and oxygen atoms in total. The summed E-state index contributed by atoms with van der Waals surface area (Å²) in [4.78, 5) is 11.6. The zero-order valence-corrected chi connectivity index (χ0v) is 12.6. The van der Waals surface area contributed by atoms with Crippen molar-refractivity contribution in [2.75, 3.05) is 0 Å². The van der Waals surface area contributed by atoms with Crippen molar-refractivity contribution >= 4 is 16.9 Å². The van der Waals surface area contributed by atoms with E-state index in [-0.39, 0.29) is 6.04 Å². The van der Waals surface area contributed by atoms with E-state index in [9.17, 15) is 15.0 Å². The fourth-order valence-corrected chi connectivity index (χ4v) is 3.07. The number of aliphatic hydroxyl groups excluding tert-OH is 1. The van der Waals surface area contributed by atoms with Gasteiger partial charge >= 0.3 is 5.97 Å². The maximum absolute atomic E-state index is 11.6. The maximum Gasteiger partial charge on any atom is 0.337 e. The van der Waals surface area contributed by atoms with Crippen LogP contribution >= 0.6 is 0 Å². The van der Waals surface area contributed by atoms with Crippen LogP contribution in [0.25, 0.3) is 10.9 Å². The van der Waals surface area contributed by atoms with Gasteiger partial charge < -0.3 is 14.8 Å². The molecule has 2 N–H and O–H groups in total. The standard InChI is InChI=1S/C16H21NO3/c1-8(2)17-10(4)14(11(5)18)12-6-9(3)7-13(15(12)17)16(19)20/h6-8,11,18H,1-5H3,(H,19,20). The molecule has 0 amide bonds. The Morgan fingerprint density at radius 2 is 1.80 bits per heavy atom.